The van der Waals surface area contributed by atoms with Gasteiger partial charge in [-0.1, -0.05) is 126 Å². The Morgan fingerprint density at radius 3 is 1.81 bits per heavy atom. The fourth-order valence-corrected chi connectivity index (χ4v) is 10.7. The summed E-state index contributed by atoms with van der Waals surface area (Å²) in [5.41, 5.74) is 19.4. The normalized spacial score (nSPS) is 14.4. The number of nitrogens with zero attached hydrogens (tertiary/aromatic N) is 3. The standard InChI is InChI=1S/C58H52BN3O2/c1-57(2,3)37-26-30-40(31-27-37)60(41-32-28-38(29-33-41)58(4,5)6)42-34-35-46-50(36-42)62(49-23-14-20-44-43-18-10-12-24-51(43)63-55(44)49)48-22-15-21-47-53(48)59(46)56-54(45-19-11-13-25-52(45)64-56)61(47)39-16-8-7-9-17-39/h7-10,12,14-18,20-24,26-36H,11,13,19,25H2,1-6H3. The van der Waals surface area contributed by atoms with Crippen LogP contribution in [0.1, 0.15) is 76.8 Å². The molecule has 0 saturated carbocycles. The van der Waals surface area contributed by atoms with Gasteiger partial charge in [-0.15, -0.1) is 0 Å². The Morgan fingerprint density at radius 1 is 0.516 bits per heavy atom. The van der Waals surface area contributed by atoms with E-state index in [1.54, 1.807) is 0 Å². The smallest absolute Gasteiger partial charge is 0.297 e. The number of benzene rings is 7. The summed E-state index contributed by atoms with van der Waals surface area (Å²) in [7, 11) is 0. The number of hydrogen-bond donors (Lipinski definition) is 0. The maximum Gasteiger partial charge on any atom is 0.297 e. The number of fused-ring (bicyclic) bond motifs is 9. The zero-order valence-electron chi connectivity index (χ0n) is 37.6. The number of furan rings is 2. The first kappa shape index (κ1) is 38.7. The monoisotopic (exact) mass is 833 g/mol. The Labute approximate surface area is 376 Å². The molecular weight excluding hydrogens is 781 g/mol. The second-order valence-corrected chi connectivity index (χ2v) is 20.0. The van der Waals surface area contributed by atoms with Crippen molar-refractivity contribution in [2.45, 2.75) is 78.1 Å². The van der Waals surface area contributed by atoms with Crippen molar-refractivity contribution >= 4 is 96.4 Å². The third-order valence-corrected chi connectivity index (χ3v) is 13.9. The molecular formula is C58H52BN3O2. The number of hydrogen-bond acceptors (Lipinski definition) is 5. The Bertz CT molecular complexity index is 3200. The molecule has 12 rings (SSSR count). The van der Waals surface area contributed by atoms with Gasteiger partial charge in [-0.3, -0.25) is 0 Å². The molecule has 0 radical (unpaired) electrons. The minimum atomic E-state index is -0.118. The van der Waals surface area contributed by atoms with Gasteiger partial charge in [-0.05, 0) is 125 Å². The predicted octanol–water partition coefficient (Wildman–Crippen LogP) is 14.2. The fraction of sp³-hybridized carbons (Fsp3) is 0.207. The SMILES string of the molecule is CC(C)(C)c1ccc(N(c2ccc(C(C)(C)C)cc2)c2ccc3c(c2)N(c2cccc4c2oc2ccccc24)c2cccc4c2B3c2oc3c(c2N4c2ccccc2)CCCC3)cc1. The van der Waals surface area contributed by atoms with Crippen LogP contribution in [0.2, 0.25) is 0 Å². The van der Waals surface area contributed by atoms with E-state index in [-0.39, 0.29) is 17.5 Å². The van der Waals surface area contributed by atoms with Gasteiger partial charge in [0.15, 0.2) is 5.58 Å². The summed E-state index contributed by atoms with van der Waals surface area (Å²) >= 11 is 0. The third kappa shape index (κ3) is 5.98. The van der Waals surface area contributed by atoms with Crippen molar-refractivity contribution in [1.82, 2.24) is 0 Å². The highest BCUT2D eigenvalue weighted by molar-refractivity contribution is 6.99. The van der Waals surface area contributed by atoms with Gasteiger partial charge in [0.1, 0.15) is 11.3 Å². The van der Waals surface area contributed by atoms with E-state index in [2.05, 4.69) is 214 Å². The summed E-state index contributed by atoms with van der Waals surface area (Å²) in [5.74, 6) is 1.14. The summed E-state index contributed by atoms with van der Waals surface area (Å²) in [6, 6.07) is 58.1. The van der Waals surface area contributed by atoms with Crippen LogP contribution in [0.25, 0.3) is 21.9 Å². The van der Waals surface area contributed by atoms with E-state index in [4.69, 9.17) is 8.83 Å². The molecule has 5 nitrogen and oxygen atoms in total. The Balaban J connectivity index is 1.14. The van der Waals surface area contributed by atoms with E-state index < -0.39 is 0 Å². The van der Waals surface area contributed by atoms with Gasteiger partial charge in [0.2, 0.25) is 0 Å². The maximum atomic E-state index is 7.24. The van der Waals surface area contributed by atoms with Crippen molar-refractivity contribution in [1.29, 1.82) is 0 Å². The molecule has 0 amide bonds. The Hall–Kier alpha value is -6.92. The molecule has 2 aliphatic heterocycles. The minimum absolute atomic E-state index is 0.0357. The molecule has 0 N–H and O–H groups in total. The predicted molar refractivity (Wildman–Crippen MR) is 269 cm³/mol. The zero-order chi connectivity index (χ0) is 43.5. The lowest BCUT2D eigenvalue weighted by atomic mass is 9.35. The van der Waals surface area contributed by atoms with Gasteiger partial charge in [-0.25, -0.2) is 0 Å². The summed E-state index contributed by atoms with van der Waals surface area (Å²) in [5, 5.41) is 2.21. The van der Waals surface area contributed by atoms with E-state index in [9.17, 15) is 0 Å². The van der Waals surface area contributed by atoms with Crippen LogP contribution >= 0.6 is 0 Å². The number of aryl methyl sites for hydroxylation is 1. The molecule has 0 spiro atoms. The van der Waals surface area contributed by atoms with E-state index in [0.717, 1.165) is 98.9 Å². The van der Waals surface area contributed by atoms with Gasteiger partial charge in [0.05, 0.1) is 17.0 Å². The molecule has 2 aromatic heterocycles. The number of anilines is 9. The topological polar surface area (TPSA) is 36.0 Å². The average Bonchev–Trinajstić information content (AvgIpc) is 3.88. The first-order valence-corrected chi connectivity index (χ1v) is 23.0. The van der Waals surface area contributed by atoms with Crippen molar-refractivity contribution in [2.75, 3.05) is 14.7 Å². The van der Waals surface area contributed by atoms with Crippen molar-refractivity contribution in [3.63, 3.8) is 0 Å². The molecule has 0 saturated heterocycles. The van der Waals surface area contributed by atoms with Gasteiger partial charge in [-0.2, -0.15) is 0 Å². The summed E-state index contributed by atoms with van der Waals surface area (Å²) < 4.78 is 14.1. The average molecular weight is 834 g/mol. The van der Waals surface area contributed by atoms with Gasteiger partial charge < -0.3 is 23.5 Å². The molecule has 9 aromatic rings. The van der Waals surface area contributed by atoms with E-state index in [0.29, 0.717) is 0 Å². The van der Waals surface area contributed by atoms with Crippen molar-refractivity contribution < 1.29 is 8.83 Å². The first-order valence-electron chi connectivity index (χ1n) is 23.0. The second kappa shape index (κ2) is 14.3. The second-order valence-electron chi connectivity index (χ2n) is 20.0. The largest absolute Gasteiger partial charge is 0.473 e. The van der Waals surface area contributed by atoms with Crippen LogP contribution in [0.3, 0.4) is 0 Å². The van der Waals surface area contributed by atoms with Gasteiger partial charge in [0, 0.05) is 62.6 Å². The number of rotatable bonds is 5. The highest BCUT2D eigenvalue weighted by Crippen LogP contribution is 2.50. The fourth-order valence-electron chi connectivity index (χ4n) is 10.7. The zero-order valence-corrected chi connectivity index (χ0v) is 37.6. The molecule has 7 aromatic carbocycles. The Kier molecular flexibility index (Phi) is 8.66. The van der Waals surface area contributed by atoms with Crippen molar-refractivity contribution in [3.8, 4) is 0 Å². The summed E-state index contributed by atoms with van der Waals surface area (Å²) in [6.07, 6.45) is 4.29. The van der Waals surface area contributed by atoms with Crippen LogP contribution in [0.5, 0.6) is 0 Å². The van der Waals surface area contributed by atoms with E-state index in [1.165, 1.54) is 39.0 Å². The van der Waals surface area contributed by atoms with Crippen LogP contribution in [0.4, 0.5) is 51.2 Å². The summed E-state index contributed by atoms with van der Waals surface area (Å²) in [4.78, 5) is 7.38. The van der Waals surface area contributed by atoms with Gasteiger partial charge in [0.25, 0.3) is 6.71 Å². The highest BCUT2D eigenvalue weighted by atomic mass is 16.3. The maximum absolute atomic E-state index is 7.24. The molecule has 4 heterocycles. The van der Waals surface area contributed by atoms with Crippen LogP contribution in [-0.4, -0.2) is 6.71 Å². The lowest BCUT2D eigenvalue weighted by molar-refractivity contribution is 0.497. The van der Waals surface area contributed by atoms with Crippen molar-refractivity contribution in [2.24, 2.45) is 0 Å². The molecule has 0 atom stereocenters. The van der Waals surface area contributed by atoms with Crippen LogP contribution in [0, 0.1) is 0 Å². The lowest BCUT2D eigenvalue weighted by Gasteiger charge is -2.43. The number of para-hydroxylation sites is 3. The van der Waals surface area contributed by atoms with E-state index in [1.807, 2.05) is 0 Å². The van der Waals surface area contributed by atoms with E-state index >= 15 is 0 Å². The minimum Gasteiger partial charge on any atom is -0.473 e. The third-order valence-electron chi connectivity index (χ3n) is 13.9. The highest BCUT2D eigenvalue weighted by Gasteiger charge is 2.48. The quantitative estimate of drug-likeness (QED) is 0.161. The van der Waals surface area contributed by atoms with Crippen LogP contribution in [0.15, 0.2) is 167 Å². The molecule has 6 heteroatoms. The molecule has 64 heavy (non-hydrogen) atoms. The molecule has 314 valence electrons. The first-order chi connectivity index (χ1) is 31.0. The van der Waals surface area contributed by atoms with Gasteiger partial charge >= 0.3 is 0 Å². The Morgan fingerprint density at radius 2 is 1.11 bits per heavy atom. The molecule has 0 unspecified atom stereocenters. The summed E-state index contributed by atoms with van der Waals surface area (Å²) in [6.45, 7) is 13.5. The molecule has 3 aliphatic rings. The molecule has 0 fully saturated rings. The lowest BCUT2D eigenvalue weighted by Crippen LogP contribution is -2.61. The molecule has 0 bridgehead atoms. The van der Waals surface area contributed by atoms with Crippen LogP contribution < -0.4 is 31.3 Å². The van der Waals surface area contributed by atoms with Crippen LogP contribution in [-0.2, 0) is 23.7 Å². The van der Waals surface area contributed by atoms with Crippen molar-refractivity contribution in [3.05, 3.63) is 180 Å². The molecule has 1 aliphatic carbocycles.